The molecule has 4 aromatic rings. The molecule has 10 heteroatoms. The molecule has 186 valence electrons. The Morgan fingerprint density at radius 2 is 1.86 bits per heavy atom. The van der Waals surface area contributed by atoms with E-state index in [0.717, 1.165) is 24.9 Å². The number of amides is 2. The molecule has 0 bridgehead atoms. The van der Waals surface area contributed by atoms with Crippen molar-refractivity contribution in [1.82, 2.24) is 29.4 Å². The topological polar surface area (TPSA) is 102 Å². The number of aryl methyl sites for hydroxylation is 1. The highest BCUT2D eigenvalue weighted by Crippen LogP contribution is 2.17. The van der Waals surface area contributed by atoms with E-state index < -0.39 is 0 Å². The monoisotopic (exact) mass is 506 g/mol. The number of nitrogens with one attached hydrogen (secondary N) is 1. The quantitative estimate of drug-likeness (QED) is 0.352. The summed E-state index contributed by atoms with van der Waals surface area (Å²) in [6.45, 7) is 2.32. The van der Waals surface area contributed by atoms with Crippen LogP contribution in [0.25, 0.3) is 16.7 Å². The number of carbonyl (C=O) groups excluding carboxylic acids is 2. The van der Waals surface area contributed by atoms with Crippen LogP contribution in [0.4, 0.5) is 0 Å². The van der Waals surface area contributed by atoms with Crippen molar-refractivity contribution >= 4 is 40.1 Å². The molecule has 36 heavy (non-hydrogen) atoms. The van der Waals surface area contributed by atoms with Crippen molar-refractivity contribution in [2.24, 2.45) is 0 Å². The number of carbonyl (C=O) groups is 2. The first-order chi connectivity index (χ1) is 17.5. The van der Waals surface area contributed by atoms with Crippen LogP contribution < -0.4 is 10.9 Å². The third kappa shape index (κ3) is 4.97. The van der Waals surface area contributed by atoms with Gasteiger partial charge in [0.25, 0.3) is 5.56 Å². The van der Waals surface area contributed by atoms with E-state index in [9.17, 15) is 14.4 Å². The molecular formula is C26H27ClN6O3. The molecule has 9 nitrogen and oxygen atoms in total. The molecule has 3 heterocycles. The second-order valence-corrected chi connectivity index (χ2v) is 9.41. The number of fused-ring (bicyclic) bond motifs is 3. The maximum Gasteiger partial charge on any atom is 0.263 e. The minimum atomic E-state index is -0.152. The Balaban J connectivity index is 1.32. The Morgan fingerprint density at radius 1 is 1.06 bits per heavy atom. The summed E-state index contributed by atoms with van der Waals surface area (Å²) in [4.78, 5) is 39.3. The summed E-state index contributed by atoms with van der Waals surface area (Å²) in [5.74, 6) is 1.16. The lowest BCUT2D eigenvalue weighted by Crippen LogP contribution is -2.30. The van der Waals surface area contributed by atoms with Crippen molar-refractivity contribution in [3.8, 4) is 0 Å². The number of halogens is 1. The molecule has 1 saturated heterocycles. The van der Waals surface area contributed by atoms with Gasteiger partial charge in [-0.05, 0) is 42.7 Å². The number of likely N-dealkylation sites (tertiary alicyclic amines) is 1. The first kappa shape index (κ1) is 24.0. The number of hydrogen-bond donors (Lipinski definition) is 1. The predicted molar refractivity (Wildman–Crippen MR) is 137 cm³/mol. The fraction of sp³-hybridized carbons (Fsp3) is 0.346. The third-order valence-corrected chi connectivity index (χ3v) is 6.75. The van der Waals surface area contributed by atoms with Crippen LogP contribution in [0.15, 0.2) is 53.3 Å². The molecule has 5 rings (SSSR count). The third-order valence-electron chi connectivity index (χ3n) is 6.50. The van der Waals surface area contributed by atoms with Crippen LogP contribution in [0, 0.1) is 0 Å². The van der Waals surface area contributed by atoms with Crippen molar-refractivity contribution in [1.29, 1.82) is 0 Å². The highest BCUT2D eigenvalue weighted by atomic mass is 35.5. The van der Waals surface area contributed by atoms with Gasteiger partial charge in [0, 0.05) is 43.9 Å². The van der Waals surface area contributed by atoms with Crippen LogP contribution in [0.1, 0.15) is 37.1 Å². The minimum absolute atomic E-state index is 0.0849. The molecule has 1 aliphatic heterocycles. The lowest BCUT2D eigenvalue weighted by molar-refractivity contribution is -0.127. The molecule has 0 aliphatic carbocycles. The fourth-order valence-corrected chi connectivity index (χ4v) is 4.77. The van der Waals surface area contributed by atoms with E-state index in [-0.39, 0.29) is 23.8 Å². The lowest BCUT2D eigenvalue weighted by Gasteiger charge is -2.15. The molecule has 1 fully saturated rings. The summed E-state index contributed by atoms with van der Waals surface area (Å²) in [6.07, 6.45) is 2.89. The van der Waals surface area contributed by atoms with Crippen molar-refractivity contribution in [2.45, 2.75) is 38.6 Å². The number of nitrogens with zero attached hydrogens (tertiary/aromatic N) is 5. The standard InChI is InChI=1S/C26H27ClN6O3/c27-19-10-8-18(9-11-19)17-32-25(36)20-5-1-2-6-21(20)33-22(29-30-26(32)33)12-13-23(34)28-14-4-16-31-15-3-7-24(31)35/h1-2,5-6,8-11H,3-4,7,12-17H2,(H,28,34). The summed E-state index contributed by atoms with van der Waals surface area (Å²) in [5.41, 5.74) is 1.47. The van der Waals surface area contributed by atoms with E-state index >= 15 is 0 Å². The number of para-hydroxylation sites is 1. The zero-order valence-corrected chi connectivity index (χ0v) is 20.6. The molecular weight excluding hydrogens is 480 g/mol. The van der Waals surface area contributed by atoms with E-state index in [2.05, 4.69) is 15.5 Å². The molecule has 2 amide bonds. The van der Waals surface area contributed by atoms with Gasteiger partial charge in [-0.1, -0.05) is 35.9 Å². The van der Waals surface area contributed by atoms with E-state index in [1.807, 2.05) is 39.6 Å². The van der Waals surface area contributed by atoms with Crippen molar-refractivity contribution in [2.75, 3.05) is 19.6 Å². The molecule has 0 unspecified atom stereocenters. The van der Waals surface area contributed by atoms with Gasteiger partial charge in [-0.15, -0.1) is 10.2 Å². The lowest BCUT2D eigenvalue weighted by atomic mass is 10.2. The van der Waals surface area contributed by atoms with Gasteiger partial charge >= 0.3 is 0 Å². The van der Waals surface area contributed by atoms with Gasteiger partial charge in [0.05, 0.1) is 17.4 Å². The predicted octanol–water partition coefficient (Wildman–Crippen LogP) is 2.81. The summed E-state index contributed by atoms with van der Waals surface area (Å²) < 4.78 is 3.46. The summed E-state index contributed by atoms with van der Waals surface area (Å²) in [7, 11) is 0. The second kappa shape index (κ2) is 10.5. The molecule has 2 aromatic heterocycles. The fourth-order valence-electron chi connectivity index (χ4n) is 4.64. The largest absolute Gasteiger partial charge is 0.356 e. The maximum atomic E-state index is 13.3. The molecule has 1 aliphatic rings. The van der Waals surface area contributed by atoms with Gasteiger partial charge in [0.1, 0.15) is 5.82 Å². The highest BCUT2D eigenvalue weighted by Gasteiger charge is 2.20. The summed E-state index contributed by atoms with van der Waals surface area (Å²) in [6, 6.07) is 14.7. The van der Waals surface area contributed by atoms with E-state index in [4.69, 9.17) is 11.6 Å². The van der Waals surface area contributed by atoms with E-state index in [1.165, 1.54) is 0 Å². The summed E-state index contributed by atoms with van der Waals surface area (Å²) >= 11 is 6.01. The van der Waals surface area contributed by atoms with Gasteiger partial charge in [-0.3, -0.25) is 23.4 Å². The Labute approximate surface area is 212 Å². The number of benzene rings is 2. The normalized spacial score (nSPS) is 13.7. The van der Waals surface area contributed by atoms with Crippen molar-refractivity contribution in [3.63, 3.8) is 0 Å². The molecule has 0 radical (unpaired) electrons. The first-order valence-corrected chi connectivity index (χ1v) is 12.5. The zero-order valence-electron chi connectivity index (χ0n) is 19.8. The van der Waals surface area contributed by atoms with Crippen molar-refractivity contribution in [3.05, 3.63) is 75.3 Å². The minimum Gasteiger partial charge on any atom is -0.356 e. The molecule has 0 atom stereocenters. The van der Waals surface area contributed by atoms with E-state index in [1.54, 1.807) is 22.8 Å². The average molecular weight is 507 g/mol. The Bertz CT molecular complexity index is 1480. The summed E-state index contributed by atoms with van der Waals surface area (Å²) in [5, 5.41) is 12.8. The van der Waals surface area contributed by atoms with Gasteiger partial charge in [-0.25, -0.2) is 0 Å². The number of hydrogen-bond acceptors (Lipinski definition) is 5. The van der Waals surface area contributed by atoms with Crippen LogP contribution in [0.5, 0.6) is 0 Å². The number of rotatable bonds is 9. The molecule has 0 saturated carbocycles. The van der Waals surface area contributed by atoms with E-state index in [0.29, 0.717) is 60.0 Å². The van der Waals surface area contributed by atoms with Crippen LogP contribution >= 0.6 is 11.6 Å². The van der Waals surface area contributed by atoms with Gasteiger partial charge < -0.3 is 10.2 Å². The highest BCUT2D eigenvalue weighted by molar-refractivity contribution is 6.30. The SMILES string of the molecule is O=C(CCc1nnc2n(Cc3ccc(Cl)cc3)c(=O)c3ccccc3n12)NCCCN1CCCC1=O. The van der Waals surface area contributed by atoms with Crippen LogP contribution in [0.3, 0.4) is 0 Å². The smallest absolute Gasteiger partial charge is 0.263 e. The van der Waals surface area contributed by atoms with Gasteiger partial charge in [-0.2, -0.15) is 0 Å². The molecule has 0 spiro atoms. The maximum absolute atomic E-state index is 13.3. The Hall–Kier alpha value is -3.72. The molecule has 2 aromatic carbocycles. The second-order valence-electron chi connectivity index (χ2n) is 8.97. The van der Waals surface area contributed by atoms with Crippen LogP contribution in [-0.2, 0) is 22.6 Å². The Kier molecular flexibility index (Phi) is 6.99. The first-order valence-electron chi connectivity index (χ1n) is 12.2. The van der Waals surface area contributed by atoms with Crippen molar-refractivity contribution < 1.29 is 9.59 Å². The number of aromatic nitrogens is 4. The van der Waals surface area contributed by atoms with Gasteiger partial charge in [0.2, 0.25) is 17.6 Å². The Morgan fingerprint density at radius 3 is 2.64 bits per heavy atom. The molecule has 1 N–H and O–H groups in total. The van der Waals surface area contributed by atoms with Crippen LogP contribution in [-0.4, -0.2) is 55.5 Å². The zero-order chi connectivity index (χ0) is 25.1. The van der Waals surface area contributed by atoms with Gasteiger partial charge in [0.15, 0.2) is 0 Å². The van der Waals surface area contributed by atoms with Crippen LogP contribution in [0.2, 0.25) is 5.02 Å². The average Bonchev–Trinajstić information content (AvgIpc) is 3.50.